The van der Waals surface area contributed by atoms with Crippen LogP contribution >= 0.6 is 0 Å². The molecule has 0 amide bonds. The molecular formula is C15H34N3+. The van der Waals surface area contributed by atoms with Crippen LogP contribution in [0, 0.1) is 0 Å². The zero-order valence-electron chi connectivity index (χ0n) is 12.4. The van der Waals surface area contributed by atoms with Crippen molar-refractivity contribution in [3.8, 4) is 0 Å². The highest BCUT2D eigenvalue weighted by atomic mass is 15.3. The van der Waals surface area contributed by atoms with Crippen molar-refractivity contribution in [3.05, 3.63) is 12.7 Å². The number of unbranched alkanes of at least 4 members (excludes halogenated alkanes) is 4. The topological polar surface area (TPSA) is 52.0 Å². The molecule has 0 atom stereocenters. The quantitative estimate of drug-likeness (QED) is 0.302. The highest BCUT2D eigenvalue weighted by Gasteiger charge is 2.19. The normalized spacial score (nSPS) is 11.7. The molecule has 0 saturated carbocycles. The Kier molecular flexibility index (Phi) is 11.4. The van der Waals surface area contributed by atoms with Crippen molar-refractivity contribution in [2.75, 3.05) is 39.8 Å². The van der Waals surface area contributed by atoms with E-state index in [4.69, 9.17) is 11.5 Å². The smallest absolute Gasteiger partial charge is 0.0796 e. The van der Waals surface area contributed by atoms with Gasteiger partial charge >= 0.3 is 0 Å². The van der Waals surface area contributed by atoms with Crippen molar-refractivity contribution >= 4 is 0 Å². The summed E-state index contributed by atoms with van der Waals surface area (Å²) in [4.78, 5) is 0. The van der Waals surface area contributed by atoms with Crippen LogP contribution in [0.3, 0.4) is 0 Å². The van der Waals surface area contributed by atoms with Gasteiger partial charge < -0.3 is 16.0 Å². The SMILES string of the molecule is C=CCCCCCC[N+](C)(CCCN)CCCN. The van der Waals surface area contributed by atoms with Crippen LogP contribution in [-0.2, 0) is 0 Å². The van der Waals surface area contributed by atoms with Gasteiger partial charge in [-0.05, 0) is 38.8 Å². The molecule has 3 heteroatoms. The van der Waals surface area contributed by atoms with Gasteiger partial charge in [-0.3, -0.25) is 0 Å². The fourth-order valence-electron chi connectivity index (χ4n) is 2.42. The van der Waals surface area contributed by atoms with Crippen molar-refractivity contribution in [1.82, 2.24) is 0 Å². The average molecular weight is 256 g/mol. The van der Waals surface area contributed by atoms with Gasteiger partial charge in [0.2, 0.25) is 0 Å². The third kappa shape index (κ3) is 9.63. The molecule has 0 saturated heterocycles. The Balaban J connectivity index is 3.80. The molecular weight excluding hydrogens is 222 g/mol. The molecule has 0 aromatic rings. The van der Waals surface area contributed by atoms with Crippen molar-refractivity contribution in [3.63, 3.8) is 0 Å². The predicted molar refractivity (Wildman–Crippen MR) is 81.4 cm³/mol. The van der Waals surface area contributed by atoms with Crippen LogP contribution in [0.2, 0.25) is 0 Å². The molecule has 4 N–H and O–H groups in total. The van der Waals surface area contributed by atoms with E-state index in [1.54, 1.807) is 0 Å². The molecule has 0 rings (SSSR count). The number of hydrogen-bond donors (Lipinski definition) is 2. The van der Waals surface area contributed by atoms with Crippen LogP contribution < -0.4 is 11.5 Å². The van der Waals surface area contributed by atoms with Crippen LogP contribution in [0.25, 0.3) is 0 Å². The van der Waals surface area contributed by atoms with Gasteiger partial charge in [-0.25, -0.2) is 0 Å². The van der Waals surface area contributed by atoms with E-state index in [-0.39, 0.29) is 0 Å². The first-order valence-electron chi connectivity index (χ1n) is 7.53. The molecule has 0 heterocycles. The summed E-state index contributed by atoms with van der Waals surface area (Å²) < 4.78 is 1.15. The van der Waals surface area contributed by atoms with Crippen molar-refractivity contribution < 1.29 is 4.48 Å². The minimum absolute atomic E-state index is 0.801. The molecule has 0 aliphatic carbocycles. The summed E-state index contributed by atoms with van der Waals surface area (Å²) in [6.45, 7) is 9.03. The molecule has 0 spiro atoms. The van der Waals surface area contributed by atoms with E-state index in [0.717, 1.165) is 36.8 Å². The van der Waals surface area contributed by atoms with E-state index in [0.29, 0.717) is 0 Å². The molecule has 0 aromatic heterocycles. The van der Waals surface area contributed by atoms with E-state index in [1.807, 2.05) is 6.08 Å². The maximum absolute atomic E-state index is 5.63. The maximum atomic E-state index is 5.63. The van der Waals surface area contributed by atoms with E-state index in [9.17, 15) is 0 Å². The number of rotatable bonds is 13. The molecule has 3 nitrogen and oxygen atoms in total. The Morgan fingerprint density at radius 1 is 0.833 bits per heavy atom. The second-order valence-electron chi connectivity index (χ2n) is 5.57. The fraction of sp³-hybridized carbons (Fsp3) is 0.867. The second-order valence-corrected chi connectivity index (χ2v) is 5.57. The summed E-state index contributed by atoms with van der Waals surface area (Å²) >= 11 is 0. The molecule has 0 aliphatic heterocycles. The van der Waals surface area contributed by atoms with Crippen molar-refractivity contribution in [2.45, 2.75) is 44.9 Å². The zero-order chi connectivity index (χ0) is 13.7. The van der Waals surface area contributed by atoms with Crippen LogP contribution in [-0.4, -0.2) is 44.3 Å². The van der Waals surface area contributed by atoms with E-state index in [1.165, 1.54) is 45.3 Å². The molecule has 0 aliphatic rings. The average Bonchev–Trinajstić information content (AvgIpc) is 2.38. The molecule has 0 fully saturated rings. The molecule has 18 heavy (non-hydrogen) atoms. The van der Waals surface area contributed by atoms with Crippen LogP contribution in [0.1, 0.15) is 44.9 Å². The van der Waals surface area contributed by atoms with Gasteiger partial charge in [-0.2, -0.15) is 0 Å². The number of nitrogens with zero attached hydrogens (tertiary/aromatic N) is 1. The summed E-state index contributed by atoms with van der Waals surface area (Å²) in [5, 5.41) is 0. The summed E-state index contributed by atoms with van der Waals surface area (Å²) in [6, 6.07) is 0. The maximum Gasteiger partial charge on any atom is 0.0796 e. The first kappa shape index (κ1) is 17.6. The van der Waals surface area contributed by atoms with Crippen molar-refractivity contribution in [1.29, 1.82) is 0 Å². The van der Waals surface area contributed by atoms with Gasteiger partial charge in [0.15, 0.2) is 0 Å². The van der Waals surface area contributed by atoms with Gasteiger partial charge in [0.25, 0.3) is 0 Å². The number of hydrogen-bond acceptors (Lipinski definition) is 2. The first-order valence-corrected chi connectivity index (χ1v) is 7.53. The minimum Gasteiger partial charge on any atom is -0.330 e. The standard InChI is InChI=1S/C15H34N3/c1-3-4-5-6-7-8-13-18(2,14-9-11-16)15-10-12-17/h3H,1,4-17H2,2H3/q+1. The van der Waals surface area contributed by atoms with Gasteiger partial charge in [-0.15, -0.1) is 6.58 Å². The molecule has 0 aromatic carbocycles. The molecule has 0 unspecified atom stereocenters. The summed E-state index contributed by atoms with van der Waals surface area (Å²) in [5.41, 5.74) is 11.3. The molecule has 0 radical (unpaired) electrons. The third-order valence-electron chi connectivity index (χ3n) is 3.66. The first-order chi connectivity index (χ1) is 8.68. The highest BCUT2D eigenvalue weighted by Crippen LogP contribution is 2.11. The minimum atomic E-state index is 0.801. The van der Waals surface area contributed by atoms with E-state index >= 15 is 0 Å². The van der Waals surface area contributed by atoms with Crippen LogP contribution in [0.4, 0.5) is 0 Å². The lowest BCUT2D eigenvalue weighted by molar-refractivity contribution is -0.910. The largest absolute Gasteiger partial charge is 0.330 e. The van der Waals surface area contributed by atoms with Crippen molar-refractivity contribution in [2.24, 2.45) is 11.5 Å². The monoisotopic (exact) mass is 256 g/mol. The number of quaternary nitrogens is 1. The lowest BCUT2D eigenvalue weighted by Crippen LogP contribution is -2.47. The number of allylic oxidation sites excluding steroid dienone is 1. The Labute approximate surface area is 114 Å². The predicted octanol–water partition coefficient (Wildman–Crippen LogP) is 2.27. The fourth-order valence-corrected chi connectivity index (χ4v) is 2.42. The molecule has 108 valence electrons. The Hall–Kier alpha value is -0.380. The Morgan fingerprint density at radius 3 is 1.83 bits per heavy atom. The lowest BCUT2D eigenvalue weighted by atomic mass is 10.1. The Bertz CT molecular complexity index is 184. The van der Waals surface area contributed by atoms with E-state index < -0.39 is 0 Å². The van der Waals surface area contributed by atoms with Gasteiger partial charge in [-0.1, -0.05) is 12.5 Å². The summed E-state index contributed by atoms with van der Waals surface area (Å²) in [5.74, 6) is 0. The van der Waals surface area contributed by atoms with Gasteiger partial charge in [0.1, 0.15) is 0 Å². The zero-order valence-corrected chi connectivity index (χ0v) is 12.4. The van der Waals surface area contributed by atoms with Crippen LogP contribution in [0.5, 0.6) is 0 Å². The van der Waals surface area contributed by atoms with Gasteiger partial charge in [0, 0.05) is 12.8 Å². The number of nitrogens with two attached hydrogens (primary N) is 2. The van der Waals surface area contributed by atoms with Crippen LogP contribution in [0.15, 0.2) is 12.7 Å². The highest BCUT2D eigenvalue weighted by molar-refractivity contribution is 4.65. The molecule has 0 bridgehead atoms. The Morgan fingerprint density at radius 2 is 1.33 bits per heavy atom. The summed E-state index contributed by atoms with van der Waals surface area (Å²) in [6.07, 6.45) is 10.7. The third-order valence-corrected chi connectivity index (χ3v) is 3.66. The van der Waals surface area contributed by atoms with E-state index in [2.05, 4.69) is 13.6 Å². The second kappa shape index (κ2) is 11.7. The lowest BCUT2D eigenvalue weighted by Gasteiger charge is -2.34. The van der Waals surface area contributed by atoms with Gasteiger partial charge in [0.05, 0.1) is 26.7 Å². The summed E-state index contributed by atoms with van der Waals surface area (Å²) in [7, 11) is 2.36.